The van der Waals surface area contributed by atoms with Gasteiger partial charge in [0, 0.05) is 11.1 Å². The second kappa shape index (κ2) is 5.36. The highest BCUT2D eigenvalue weighted by Gasteiger charge is 2.13. The molecule has 1 aromatic carbocycles. The molecule has 0 saturated carbocycles. The number of nitrogens with zero attached hydrogens (tertiary/aromatic N) is 1. The van der Waals surface area contributed by atoms with E-state index in [2.05, 4.69) is 10.3 Å². The molecule has 0 spiro atoms. The Morgan fingerprint density at radius 3 is 2.79 bits per heavy atom. The highest BCUT2D eigenvalue weighted by atomic mass is 32.1. The van der Waals surface area contributed by atoms with Crippen molar-refractivity contribution in [3.8, 4) is 0 Å². The number of carbonyl (C=O) groups is 1. The smallest absolute Gasteiger partial charge is 0.335 e. The van der Waals surface area contributed by atoms with Crippen LogP contribution >= 0.6 is 11.3 Å². The Bertz CT molecular complexity index is 612. The molecule has 1 aromatic heterocycles. The molecule has 4 nitrogen and oxygen atoms in total. The largest absolute Gasteiger partial charge is 0.478 e. The van der Waals surface area contributed by atoms with Crippen LogP contribution in [-0.4, -0.2) is 16.1 Å². The average Bonchev–Trinajstić information content (AvgIpc) is 2.78. The maximum absolute atomic E-state index is 13.7. The van der Waals surface area contributed by atoms with E-state index >= 15 is 0 Å². The lowest BCUT2D eigenvalue weighted by Gasteiger charge is -2.13. The van der Waals surface area contributed by atoms with Crippen LogP contribution in [0.4, 0.5) is 10.1 Å². The van der Waals surface area contributed by atoms with Crippen LogP contribution in [0.15, 0.2) is 24.4 Å². The first-order chi connectivity index (χ1) is 8.97. The van der Waals surface area contributed by atoms with Crippen LogP contribution in [0.5, 0.6) is 0 Å². The van der Waals surface area contributed by atoms with Gasteiger partial charge in [0.05, 0.1) is 17.3 Å². The summed E-state index contributed by atoms with van der Waals surface area (Å²) in [5.41, 5.74) is 0.200. The molecule has 1 heterocycles. The number of anilines is 1. The van der Waals surface area contributed by atoms with Crippen LogP contribution < -0.4 is 5.32 Å². The molecule has 100 valence electrons. The molecule has 0 aliphatic heterocycles. The van der Waals surface area contributed by atoms with Gasteiger partial charge in [0.25, 0.3) is 0 Å². The van der Waals surface area contributed by atoms with E-state index in [4.69, 9.17) is 5.11 Å². The topological polar surface area (TPSA) is 62.2 Å². The number of hydrogen-bond acceptors (Lipinski definition) is 4. The molecular formula is C13H13FN2O2S. The lowest BCUT2D eigenvalue weighted by molar-refractivity contribution is 0.0696. The van der Waals surface area contributed by atoms with Gasteiger partial charge in [0.1, 0.15) is 10.8 Å². The summed E-state index contributed by atoms with van der Waals surface area (Å²) in [6.45, 7) is 3.83. The number of carboxylic acid groups (broad SMARTS) is 1. The Morgan fingerprint density at radius 2 is 2.26 bits per heavy atom. The third-order valence-corrected chi connectivity index (χ3v) is 3.69. The van der Waals surface area contributed by atoms with Crippen molar-refractivity contribution in [2.75, 3.05) is 5.32 Å². The van der Waals surface area contributed by atoms with Crippen molar-refractivity contribution in [3.05, 3.63) is 45.7 Å². The molecule has 2 N–H and O–H groups in total. The Hall–Kier alpha value is -1.95. The summed E-state index contributed by atoms with van der Waals surface area (Å²) < 4.78 is 13.7. The molecule has 1 unspecified atom stereocenters. The molecule has 2 aromatic rings. The summed E-state index contributed by atoms with van der Waals surface area (Å²) >= 11 is 1.54. The highest BCUT2D eigenvalue weighted by molar-refractivity contribution is 7.11. The predicted molar refractivity (Wildman–Crippen MR) is 72.2 cm³/mol. The number of rotatable bonds is 4. The monoisotopic (exact) mass is 280 g/mol. The third kappa shape index (κ3) is 3.08. The summed E-state index contributed by atoms with van der Waals surface area (Å²) in [5, 5.41) is 12.6. The summed E-state index contributed by atoms with van der Waals surface area (Å²) in [7, 11) is 0. The molecule has 0 saturated heterocycles. The summed E-state index contributed by atoms with van der Waals surface area (Å²) in [6.07, 6.45) is 1.77. The van der Waals surface area contributed by atoms with Gasteiger partial charge < -0.3 is 10.4 Å². The van der Waals surface area contributed by atoms with E-state index in [0.29, 0.717) is 0 Å². The van der Waals surface area contributed by atoms with Crippen LogP contribution in [-0.2, 0) is 0 Å². The van der Waals surface area contributed by atoms with Crippen LogP contribution in [0.1, 0.15) is 33.2 Å². The molecule has 0 aliphatic carbocycles. The standard InChI is InChI=1S/C13H13FN2O2S/c1-7-6-15-12(19-7)8(2)16-11-4-3-9(13(17)18)5-10(11)14/h3-6,8,16H,1-2H3,(H,17,18). The fourth-order valence-corrected chi connectivity index (χ4v) is 2.41. The number of hydrogen-bond donors (Lipinski definition) is 2. The van der Waals surface area contributed by atoms with Crippen molar-refractivity contribution in [2.24, 2.45) is 0 Å². The zero-order chi connectivity index (χ0) is 14.0. The van der Waals surface area contributed by atoms with Gasteiger partial charge >= 0.3 is 5.97 Å². The lowest BCUT2D eigenvalue weighted by Crippen LogP contribution is -2.08. The zero-order valence-corrected chi connectivity index (χ0v) is 11.3. The van der Waals surface area contributed by atoms with E-state index in [9.17, 15) is 9.18 Å². The SMILES string of the molecule is Cc1cnc(C(C)Nc2ccc(C(=O)O)cc2F)s1. The van der Waals surface area contributed by atoms with E-state index < -0.39 is 11.8 Å². The summed E-state index contributed by atoms with van der Waals surface area (Å²) in [5.74, 6) is -1.73. The van der Waals surface area contributed by atoms with Gasteiger partial charge in [-0.2, -0.15) is 0 Å². The minimum atomic E-state index is -1.14. The third-order valence-electron chi connectivity index (χ3n) is 2.60. The quantitative estimate of drug-likeness (QED) is 0.900. The normalized spacial score (nSPS) is 12.2. The molecule has 0 aliphatic rings. The van der Waals surface area contributed by atoms with Crippen molar-refractivity contribution >= 4 is 23.0 Å². The fourth-order valence-electron chi connectivity index (χ4n) is 1.63. The molecular weight excluding hydrogens is 267 g/mol. The maximum atomic E-state index is 13.7. The zero-order valence-electron chi connectivity index (χ0n) is 10.5. The van der Waals surface area contributed by atoms with Gasteiger partial charge in [-0.3, -0.25) is 0 Å². The Morgan fingerprint density at radius 1 is 1.53 bits per heavy atom. The van der Waals surface area contributed by atoms with Gasteiger partial charge in [-0.1, -0.05) is 0 Å². The molecule has 2 rings (SSSR count). The number of aromatic nitrogens is 1. The van der Waals surface area contributed by atoms with E-state index in [1.54, 1.807) is 6.20 Å². The minimum absolute atomic E-state index is 0.0687. The van der Waals surface area contributed by atoms with E-state index in [1.165, 1.54) is 23.5 Å². The van der Waals surface area contributed by atoms with E-state index in [-0.39, 0.29) is 17.3 Å². The minimum Gasteiger partial charge on any atom is -0.478 e. The maximum Gasteiger partial charge on any atom is 0.335 e. The second-order valence-electron chi connectivity index (χ2n) is 4.17. The Kier molecular flexibility index (Phi) is 3.80. The summed E-state index contributed by atoms with van der Waals surface area (Å²) in [4.78, 5) is 16.0. The number of carboxylic acids is 1. The van der Waals surface area contributed by atoms with Crippen molar-refractivity contribution in [3.63, 3.8) is 0 Å². The first-order valence-corrected chi connectivity index (χ1v) is 6.50. The fraction of sp³-hybridized carbons (Fsp3) is 0.231. The van der Waals surface area contributed by atoms with Crippen LogP contribution in [0.25, 0.3) is 0 Å². The number of thiazole rings is 1. The molecule has 0 amide bonds. The van der Waals surface area contributed by atoms with Gasteiger partial charge in [0.2, 0.25) is 0 Å². The molecule has 0 radical (unpaired) electrons. The van der Waals surface area contributed by atoms with Crippen molar-refractivity contribution in [1.82, 2.24) is 4.98 Å². The Labute approximate surface area is 113 Å². The number of benzene rings is 1. The second-order valence-corrected chi connectivity index (χ2v) is 5.44. The number of aromatic carboxylic acids is 1. The number of nitrogens with one attached hydrogen (secondary N) is 1. The van der Waals surface area contributed by atoms with Gasteiger partial charge in [-0.05, 0) is 32.0 Å². The van der Waals surface area contributed by atoms with Crippen molar-refractivity contribution in [1.29, 1.82) is 0 Å². The van der Waals surface area contributed by atoms with Gasteiger partial charge in [-0.15, -0.1) is 11.3 Å². The first-order valence-electron chi connectivity index (χ1n) is 5.69. The average molecular weight is 280 g/mol. The number of aryl methyl sites for hydroxylation is 1. The molecule has 1 atom stereocenters. The lowest BCUT2D eigenvalue weighted by atomic mass is 10.2. The molecule has 0 fully saturated rings. The molecule has 6 heteroatoms. The van der Waals surface area contributed by atoms with Crippen LogP contribution in [0.2, 0.25) is 0 Å². The van der Waals surface area contributed by atoms with Crippen molar-refractivity contribution < 1.29 is 14.3 Å². The van der Waals surface area contributed by atoms with Gasteiger partial charge in [-0.25, -0.2) is 14.2 Å². The van der Waals surface area contributed by atoms with E-state index in [0.717, 1.165) is 16.0 Å². The first kappa shape index (κ1) is 13.5. The van der Waals surface area contributed by atoms with Crippen molar-refractivity contribution in [2.45, 2.75) is 19.9 Å². The Balaban J connectivity index is 2.17. The van der Waals surface area contributed by atoms with Crippen LogP contribution in [0.3, 0.4) is 0 Å². The molecule has 0 bridgehead atoms. The molecule has 19 heavy (non-hydrogen) atoms. The highest BCUT2D eigenvalue weighted by Crippen LogP contribution is 2.25. The predicted octanol–water partition coefficient (Wildman–Crippen LogP) is 3.46. The number of halogens is 1. The van der Waals surface area contributed by atoms with Crippen LogP contribution in [0, 0.1) is 12.7 Å². The van der Waals surface area contributed by atoms with E-state index in [1.807, 2.05) is 13.8 Å². The summed E-state index contributed by atoms with van der Waals surface area (Å²) in [6, 6.07) is 3.66. The van der Waals surface area contributed by atoms with Gasteiger partial charge in [0.15, 0.2) is 0 Å².